The van der Waals surface area contributed by atoms with Gasteiger partial charge in [0.15, 0.2) is 5.96 Å². The maximum absolute atomic E-state index is 4.70. The first-order chi connectivity index (χ1) is 11.9. The second-order valence-corrected chi connectivity index (χ2v) is 8.90. The highest BCUT2D eigenvalue weighted by atomic mass is 127. The van der Waals surface area contributed by atoms with Crippen molar-refractivity contribution in [3.63, 3.8) is 0 Å². The Balaban J connectivity index is 0.00000338. The van der Waals surface area contributed by atoms with Gasteiger partial charge in [-0.05, 0) is 13.3 Å². The number of thiazole rings is 2. The molecule has 0 amide bonds. The average Bonchev–Trinajstić information content (AvgIpc) is 3.21. The summed E-state index contributed by atoms with van der Waals surface area (Å²) in [4.78, 5) is 15.2. The van der Waals surface area contributed by atoms with E-state index in [0.29, 0.717) is 6.54 Å². The number of hydrogen-bond donors (Lipinski definition) is 2. The van der Waals surface area contributed by atoms with Crippen molar-refractivity contribution in [2.24, 2.45) is 4.99 Å². The van der Waals surface area contributed by atoms with Crippen molar-refractivity contribution >= 4 is 52.6 Å². The fourth-order valence-corrected chi connectivity index (χ4v) is 3.90. The third-order valence-corrected chi connectivity index (χ3v) is 6.04. The van der Waals surface area contributed by atoms with Gasteiger partial charge in [0, 0.05) is 41.4 Å². The first-order valence-corrected chi connectivity index (χ1v) is 10.5. The van der Waals surface area contributed by atoms with Crippen LogP contribution >= 0.6 is 46.7 Å². The minimum absolute atomic E-state index is 0. The minimum Gasteiger partial charge on any atom is -0.357 e. The van der Waals surface area contributed by atoms with Gasteiger partial charge < -0.3 is 10.6 Å². The van der Waals surface area contributed by atoms with E-state index < -0.39 is 0 Å². The molecule has 2 aromatic rings. The number of guanidine groups is 1. The maximum atomic E-state index is 4.70. The molecule has 146 valence electrons. The second-order valence-electron chi connectivity index (χ2n) is 6.84. The van der Waals surface area contributed by atoms with Crippen LogP contribution in [0.15, 0.2) is 16.6 Å². The Labute approximate surface area is 182 Å². The van der Waals surface area contributed by atoms with Crippen LogP contribution in [-0.2, 0) is 24.8 Å². The van der Waals surface area contributed by atoms with E-state index in [0.717, 1.165) is 42.6 Å². The standard InChI is InChI=1S/C18H29N5S2.HI/c1-6-14-11-21-15(25-14)8-9-20-17(19-7-2)22-10-13-12-24-16(23-13)18(3,4)5;/h11-12H,6-10H2,1-5H3,(H2,19,20,22);1H. The van der Waals surface area contributed by atoms with E-state index in [1.165, 1.54) is 9.88 Å². The lowest BCUT2D eigenvalue weighted by molar-refractivity contribution is 0.583. The molecule has 2 N–H and O–H groups in total. The SMILES string of the molecule is CCNC(=NCc1csc(C(C)(C)C)n1)NCCc1ncc(CC)s1.I. The van der Waals surface area contributed by atoms with Crippen LogP contribution in [0.4, 0.5) is 0 Å². The third-order valence-electron chi connectivity index (χ3n) is 3.52. The molecule has 0 spiro atoms. The van der Waals surface area contributed by atoms with E-state index in [2.05, 4.69) is 60.6 Å². The van der Waals surface area contributed by atoms with E-state index >= 15 is 0 Å². The highest BCUT2D eigenvalue weighted by molar-refractivity contribution is 14.0. The molecule has 8 heteroatoms. The van der Waals surface area contributed by atoms with E-state index in [1.807, 2.05) is 6.20 Å². The lowest BCUT2D eigenvalue weighted by atomic mass is 9.98. The fourth-order valence-electron chi connectivity index (χ4n) is 2.14. The molecule has 0 unspecified atom stereocenters. The molecule has 0 aliphatic heterocycles. The Morgan fingerprint density at radius 1 is 1.23 bits per heavy atom. The maximum Gasteiger partial charge on any atom is 0.191 e. The summed E-state index contributed by atoms with van der Waals surface area (Å²) in [6.07, 6.45) is 3.95. The van der Waals surface area contributed by atoms with E-state index in [-0.39, 0.29) is 29.4 Å². The van der Waals surface area contributed by atoms with Gasteiger partial charge in [0.2, 0.25) is 0 Å². The largest absolute Gasteiger partial charge is 0.357 e. The van der Waals surface area contributed by atoms with Crippen molar-refractivity contribution in [2.45, 2.75) is 59.4 Å². The summed E-state index contributed by atoms with van der Waals surface area (Å²) in [5.74, 6) is 0.833. The summed E-state index contributed by atoms with van der Waals surface area (Å²) in [7, 11) is 0. The van der Waals surface area contributed by atoms with Crippen LogP contribution in [0.2, 0.25) is 0 Å². The number of hydrogen-bond acceptors (Lipinski definition) is 5. The van der Waals surface area contributed by atoms with Crippen molar-refractivity contribution in [1.29, 1.82) is 0 Å². The molecule has 2 heterocycles. The molecular formula is C18H30IN5S2. The van der Waals surface area contributed by atoms with Crippen LogP contribution in [0, 0.1) is 0 Å². The first-order valence-electron chi connectivity index (χ1n) is 8.83. The lowest BCUT2D eigenvalue weighted by Gasteiger charge is -2.13. The van der Waals surface area contributed by atoms with Crippen LogP contribution in [0.5, 0.6) is 0 Å². The molecule has 26 heavy (non-hydrogen) atoms. The quantitative estimate of drug-likeness (QED) is 0.332. The topological polar surface area (TPSA) is 62.2 Å². The van der Waals surface area contributed by atoms with Gasteiger partial charge in [0.1, 0.15) is 0 Å². The van der Waals surface area contributed by atoms with Gasteiger partial charge in [-0.2, -0.15) is 0 Å². The Kier molecular flexibility index (Phi) is 10.0. The number of aryl methyl sites for hydroxylation is 1. The summed E-state index contributed by atoms with van der Waals surface area (Å²) >= 11 is 3.51. The molecule has 2 rings (SSSR count). The highest BCUT2D eigenvalue weighted by Gasteiger charge is 2.17. The lowest BCUT2D eigenvalue weighted by Crippen LogP contribution is -2.38. The molecule has 0 fully saturated rings. The predicted molar refractivity (Wildman–Crippen MR) is 124 cm³/mol. The first kappa shape index (κ1) is 23.3. The number of nitrogens with zero attached hydrogens (tertiary/aromatic N) is 3. The number of aromatic nitrogens is 2. The van der Waals surface area contributed by atoms with E-state index in [1.54, 1.807) is 22.7 Å². The smallest absolute Gasteiger partial charge is 0.191 e. The zero-order valence-corrected chi connectivity index (χ0v) is 20.2. The Hall–Kier alpha value is -0.740. The van der Waals surface area contributed by atoms with Gasteiger partial charge in [-0.15, -0.1) is 46.7 Å². The monoisotopic (exact) mass is 507 g/mol. The fraction of sp³-hybridized carbons (Fsp3) is 0.611. The zero-order valence-electron chi connectivity index (χ0n) is 16.3. The summed E-state index contributed by atoms with van der Waals surface area (Å²) in [5, 5.41) is 11.1. The van der Waals surface area contributed by atoms with Crippen molar-refractivity contribution in [1.82, 2.24) is 20.6 Å². The number of aliphatic imine (C=N–C) groups is 1. The highest BCUT2D eigenvalue weighted by Crippen LogP contribution is 2.25. The Morgan fingerprint density at radius 3 is 2.58 bits per heavy atom. The molecule has 0 saturated carbocycles. The molecule has 0 aliphatic carbocycles. The molecule has 0 saturated heterocycles. The average molecular weight is 508 g/mol. The zero-order chi connectivity index (χ0) is 18.3. The van der Waals surface area contributed by atoms with Crippen LogP contribution in [-0.4, -0.2) is 29.0 Å². The molecule has 0 radical (unpaired) electrons. The Morgan fingerprint density at radius 2 is 2.00 bits per heavy atom. The summed E-state index contributed by atoms with van der Waals surface area (Å²) in [5.41, 5.74) is 1.13. The van der Waals surface area contributed by atoms with Gasteiger partial charge in [0.25, 0.3) is 0 Å². The van der Waals surface area contributed by atoms with Gasteiger partial charge in [-0.1, -0.05) is 27.7 Å². The van der Waals surface area contributed by atoms with Crippen LogP contribution in [0.3, 0.4) is 0 Å². The molecular weight excluding hydrogens is 477 g/mol. The third kappa shape index (κ3) is 7.48. The number of nitrogens with one attached hydrogen (secondary N) is 2. The van der Waals surface area contributed by atoms with Crippen LogP contribution in [0.25, 0.3) is 0 Å². The van der Waals surface area contributed by atoms with Crippen molar-refractivity contribution in [3.05, 3.63) is 32.2 Å². The molecule has 0 aromatic carbocycles. The second kappa shape index (κ2) is 11.2. The molecule has 2 aromatic heterocycles. The van der Waals surface area contributed by atoms with Crippen molar-refractivity contribution in [3.8, 4) is 0 Å². The van der Waals surface area contributed by atoms with Gasteiger partial charge >= 0.3 is 0 Å². The van der Waals surface area contributed by atoms with E-state index in [4.69, 9.17) is 4.98 Å². The van der Waals surface area contributed by atoms with Gasteiger partial charge in [0.05, 0.1) is 22.3 Å². The molecule has 0 bridgehead atoms. The van der Waals surface area contributed by atoms with E-state index in [9.17, 15) is 0 Å². The van der Waals surface area contributed by atoms with Gasteiger partial charge in [-0.25, -0.2) is 15.0 Å². The predicted octanol–water partition coefficient (Wildman–Crippen LogP) is 4.38. The number of halogens is 1. The van der Waals surface area contributed by atoms with Crippen molar-refractivity contribution in [2.75, 3.05) is 13.1 Å². The van der Waals surface area contributed by atoms with Crippen molar-refractivity contribution < 1.29 is 0 Å². The van der Waals surface area contributed by atoms with Crippen LogP contribution in [0.1, 0.15) is 55.2 Å². The minimum atomic E-state index is 0. The molecule has 0 atom stereocenters. The summed E-state index contributed by atoms with van der Waals surface area (Å²) in [6.45, 7) is 13.1. The Bertz CT molecular complexity index is 688. The molecule has 5 nitrogen and oxygen atoms in total. The summed E-state index contributed by atoms with van der Waals surface area (Å²) in [6, 6.07) is 0. The van der Waals surface area contributed by atoms with Gasteiger partial charge in [-0.3, -0.25) is 0 Å². The molecule has 0 aliphatic rings. The summed E-state index contributed by atoms with van der Waals surface area (Å²) < 4.78 is 0. The van der Waals surface area contributed by atoms with Crippen LogP contribution < -0.4 is 10.6 Å². The normalized spacial score (nSPS) is 12.0. The number of rotatable bonds is 7.